The molecule has 1 saturated carbocycles. The van der Waals surface area contributed by atoms with E-state index in [9.17, 15) is 8.42 Å². The predicted octanol–water partition coefficient (Wildman–Crippen LogP) is 1.10. The third-order valence-electron chi connectivity index (χ3n) is 4.71. The summed E-state index contributed by atoms with van der Waals surface area (Å²) in [6, 6.07) is 0.710. The first kappa shape index (κ1) is 15.0. The van der Waals surface area contributed by atoms with Crippen LogP contribution in [0.5, 0.6) is 0 Å². The maximum Gasteiger partial charge on any atom is 0.282 e. The van der Waals surface area contributed by atoms with Crippen LogP contribution in [0.2, 0.25) is 0 Å². The Kier molecular flexibility index (Phi) is 4.57. The molecule has 20 heavy (non-hydrogen) atoms. The summed E-state index contributed by atoms with van der Waals surface area (Å²) in [6.45, 7) is 3.64. The first-order valence-corrected chi connectivity index (χ1v) is 9.63. The van der Waals surface area contributed by atoms with Crippen molar-refractivity contribution in [2.45, 2.75) is 44.2 Å². The molecule has 0 spiro atoms. The summed E-state index contributed by atoms with van der Waals surface area (Å²) in [5.41, 5.74) is 0. The molecule has 0 aromatic heterocycles. The quantitative estimate of drug-likeness (QED) is 0.728. The fourth-order valence-electron chi connectivity index (χ4n) is 3.32. The maximum atomic E-state index is 12.8. The van der Waals surface area contributed by atoms with Gasteiger partial charge in [-0.3, -0.25) is 4.90 Å². The van der Waals surface area contributed by atoms with E-state index in [-0.39, 0.29) is 6.04 Å². The molecule has 0 amide bonds. The van der Waals surface area contributed by atoms with Gasteiger partial charge >= 0.3 is 0 Å². The number of hydrogen-bond acceptors (Lipinski definition) is 3. The van der Waals surface area contributed by atoms with Gasteiger partial charge in [0.15, 0.2) is 0 Å². The molecule has 1 unspecified atom stereocenters. The van der Waals surface area contributed by atoms with Crippen molar-refractivity contribution in [2.24, 2.45) is 0 Å². The Morgan fingerprint density at radius 3 is 2.25 bits per heavy atom. The van der Waals surface area contributed by atoms with Crippen LogP contribution in [0.1, 0.15) is 32.1 Å². The number of hydrogen-bond donors (Lipinski definition) is 0. The Hall–Kier alpha value is 0.120. The SMILES string of the molecule is O=S(=O)(N1CCN(C2CC2)CC1)N1CCCCC1CCl. The van der Waals surface area contributed by atoms with Crippen LogP contribution in [-0.2, 0) is 10.2 Å². The summed E-state index contributed by atoms with van der Waals surface area (Å²) in [5, 5.41) is 0. The maximum absolute atomic E-state index is 12.8. The Balaban J connectivity index is 1.65. The van der Waals surface area contributed by atoms with Crippen LogP contribution in [0.4, 0.5) is 0 Å². The molecule has 2 aliphatic heterocycles. The minimum Gasteiger partial charge on any atom is -0.298 e. The van der Waals surface area contributed by atoms with E-state index < -0.39 is 10.2 Å². The fourth-order valence-corrected chi connectivity index (χ4v) is 5.56. The van der Waals surface area contributed by atoms with Gasteiger partial charge < -0.3 is 0 Å². The van der Waals surface area contributed by atoms with Crippen molar-refractivity contribution in [2.75, 3.05) is 38.6 Å². The normalized spacial score (nSPS) is 31.6. The molecule has 2 heterocycles. The van der Waals surface area contributed by atoms with Crippen LogP contribution in [0.25, 0.3) is 0 Å². The first-order chi connectivity index (χ1) is 9.63. The topological polar surface area (TPSA) is 43.9 Å². The van der Waals surface area contributed by atoms with Gasteiger partial charge in [-0.15, -0.1) is 11.6 Å². The van der Waals surface area contributed by atoms with Gasteiger partial charge in [0.25, 0.3) is 10.2 Å². The van der Waals surface area contributed by atoms with Crippen molar-refractivity contribution in [3.05, 3.63) is 0 Å². The molecule has 3 rings (SSSR count). The monoisotopic (exact) mass is 321 g/mol. The van der Waals surface area contributed by atoms with E-state index in [1.54, 1.807) is 8.61 Å². The second-order valence-electron chi connectivity index (χ2n) is 6.09. The summed E-state index contributed by atoms with van der Waals surface area (Å²) in [6.07, 6.45) is 5.50. The molecule has 0 radical (unpaired) electrons. The van der Waals surface area contributed by atoms with E-state index in [1.165, 1.54) is 12.8 Å². The molecule has 1 atom stereocenters. The summed E-state index contributed by atoms with van der Waals surface area (Å²) >= 11 is 5.96. The third-order valence-corrected chi connectivity index (χ3v) is 7.16. The predicted molar refractivity (Wildman–Crippen MR) is 80.2 cm³/mol. The zero-order valence-corrected chi connectivity index (χ0v) is 13.4. The summed E-state index contributed by atoms with van der Waals surface area (Å²) in [7, 11) is -3.32. The number of halogens is 1. The minimum atomic E-state index is -3.32. The zero-order chi connectivity index (χ0) is 14.2. The number of nitrogens with zero attached hydrogens (tertiary/aromatic N) is 3. The van der Waals surface area contributed by atoms with Gasteiger partial charge in [-0.05, 0) is 25.7 Å². The highest BCUT2D eigenvalue weighted by atomic mass is 35.5. The standard InChI is InChI=1S/C13H24ClN3O2S/c14-11-13-3-1-2-6-17(13)20(18,19)16-9-7-15(8-10-16)12-4-5-12/h12-13H,1-11H2. The van der Waals surface area contributed by atoms with Crippen LogP contribution in [0, 0.1) is 0 Å². The fraction of sp³-hybridized carbons (Fsp3) is 1.00. The first-order valence-electron chi connectivity index (χ1n) is 7.70. The zero-order valence-electron chi connectivity index (χ0n) is 11.9. The highest BCUT2D eigenvalue weighted by Crippen LogP contribution is 2.29. The van der Waals surface area contributed by atoms with Crippen LogP contribution >= 0.6 is 11.6 Å². The Morgan fingerprint density at radius 1 is 0.950 bits per heavy atom. The Labute approximate surface area is 127 Å². The van der Waals surface area contributed by atoms with Crippen molar-refractivity contribution >= 4 is 21.8 Å². The smallest absolute Gasteiger partial charge is 0.282 e. The highest BCUT2D eigenvalue weighted by molar-refractivity contribution is 7.86. The van der Waals surface area contributed by atoms with E-state index in [0.717, 1.165) is 38.4 Å². The van der Waals surface area contributed by atoms with E-state index in [0.29, 0.717) is 25.5 Å². The molecule has 7 heteroatoms. The number of rotatable bonds is 4. The molecule has 3 fully saturated rings. The lowest BCUT2D eigenvalue weighted by Crippen LogP contribution is -2.56. The van der Waals surface area contributed by atoms with Crippen LogP contribution < -0.4 is 0 Å². The second-order valence-corrected chi connectivity index (χ2v) is 8.28. The van der Waals surface area contributed by atoms with Gasteiger partial charge in [0.1, 0.15) is 0 Å². The van der Waals surface area contributed by atoms with Crippen molar-refractivity contribution in [1.29, 1.82) is 0 Å². The molecular weight excluding hydrogens is 298 g/mol. The lowest BCUT2D eigenvalue weighted by molar-refractivity contribution is 0.166. The van der Waals surface area contributed by atoms with Gasteiger partial charge in [0.05, 0.1) is 0 Å². The lowest BCUT2D eigenvalue weighted by atomic mass is 10.1. The summed E-state index contributed by atoms with van der Waals surface area (Å²) < 4.78 is 28.9. The van der Waals surface area contributed by atoms with Crippen molar-refractivity contribution in [1.82, 2.24) is 13.5 Å². The molecule has 0 bridgehead atoms. The highest BCUT2D eigenvalue weighted by Gasteiger charge is 2.39. The van der Waals surface area contributed by atoms with Crippen molar-refractivity contribution < 1.29 is 8.42 Å². The average Bonchev–Trinajstić information content (AvgIpc) is 3.32. The molecule has 0 N–H and O–H groups in total. The van der Waals surface area contributed by atoms with E-state index >= 15 is 0 Å². The molecule has 3 aliphatic rings. The number of alkyl halides is 1. The van der Waals surface area contributed by atoms with E-state index in [4.69, 9.17) is 11.6 Å². The number of piperazine rings is 1. The Morgan fingerprint density at radius 2 is 1.65 bits per heavy atom. The average molecular weight is 322 g/mol. The van der Waals surface area contributed by atoms with Crippen LogP contribution in [0.3, 0.4) is 0 Å². The van der Waals surface area contributed by atoms with Gasteiger partial charge in [0.2, 0.25) is 0 Å². The molecule has 1 aliphatic carbocycles. The Bertz CT molecular complexity index is 433. The van der Waals surface area contributed by atoms with Gasteiger partial charge in [-0.25, -0.2) is 0 Å². The minimum absolute atomic E-state index is 0.0168. The second kappa shape index (κ2) is 6.08. The van der Waals surface area contributed by atoms with E-state index in [1.807, 2.05) is 0 Å². The van der Waals surface area contributed by atoms with Crippen molar-refractivity contribution in [3.63, 3.8) is 0 Å². The third kappa shape index (κ3) is 2.99. The lowest BCUT2D eigenvalue weighted by Gasteiger charge is -2.40. The summed E-state index contributed by atoms with van der Waals surface area (Å²) in [5.74, 6) is 0.404. The van der Waals surface area contributed by atoms with Gasteiger partial charge in [0, 0.05) is 50.7 Å². The van der Waals surface area contributed by atoms with Crippen molar-refractivity contribution in [3.8, 4) is 0 Å². The van der Waals surface area contributed by atoms with Crippen LogP contribution in [0.15, 0.2) is 0 Å². The largest absolute Gasteiger partial charge is 0.298 e. The molecule has 2 saturated heterocycles. The van der Waals surface area contributed by atoms with E-state index in [2.05, 4.69) is 4.90 Å². The molecule has 0 aromatic rings. The molecule has 116 valence electrons. The summed E-state index contributed by atoms with van der Waals surface area (Å²) in [4.78, 5) is 2.43. The number of piperidine rings is 1. The molecule has 5 nitrogen and oxygen atoms in total. The van der Waals surface area contributed by atoms with Gasteiger partial charge in [-0.2, -0.15) is 17.0 Å². The van der Waals surface area contributed by atoms with Crippen LogP contribution in [-0.4, -0.2) is 72.6 Å². The molecular formula is C13H24ClN3O2S. The van der Waals surface area contributed by atoms with Gasteiger partial charge in [-0.1, -0.05) is 6.42 Å². The molecule has 0 aromatic carbocycles.